The van der Waals surface area contributed by atoms with Crippen molar-refractivity contribution >= 4 is 17.6 Å². The fourth-order valence-corrected chi connectivity index (χ4v) is 5.12. The van der Waals surface area contributed by atoms with Crippen LogP contribution in [0.25, 0.3) is 11.1 Å². The molecule has 7 nitrogen and oxygen atoms in total. The Labute approximate surface area is 225 Å². The van der Waals surface area contributed by atoms with Crippen molar-refractivity contribution in [1.82, 2.24) is 9.97 Å². The number of benzene rings is 2. The number of rotatable bonds is 8. The van der Waals surface area contributed by atoms with E-state index in [-0.39, 0.29) is 37.0 Å². The molecule has 1 aromatic heterocycles. The van der Waals surface area contributed by atoms with Crippen LogP contribution in [0.1, 0.15) is 49.4 Å². The van der Waals surface area contributed by atoms with E-state index in [9.17, 15) is 23.1 Å². The summed E-state index contributed by atoms with van der Waals surface area (Å²) < 4.78 is 44.1. The number of esters is 1. The number of carbonyl (C=O) groups excluding carboxylic acids is 1. The van der Waals surface area contributed by atoms with Crippen LogP contribution >= 0.6 is 0 Å². The Bertz CT molecular complexity index is 1290. The van der Waals surface area contributed by atoms with Crippen molar-refractivity contribution < 1.29 is 32.9 Å². The van der Waals surface area contributed by atoms with Gasteiger partial charge in [-0.2, -0.15) is 13.2 Å². The molecule has 10 heteroatoms. The number of ether oxygens (including phenoxy) is 1. The van der Waals surface area contributed by atoms with Gasteiger partial charge < -0.3 is 20.3 Å². The van der Waals surface area contributed by atoms with Crippen molar-refractivity contribution in [3.63, 3.8) is 0 Å². The summed E-state index contributed by atoms with van der Waals surface area (Å²) in [5.74, 6) is -0.675. The van der Waals surface area contributed by atoms with Crippen molar-refractivity contribution in [3.8, 4) is 11.1 Å². The lowest BCUT2D eigenvalue weighted by Crippen LogP contribution is -2.36. The molecule has 0 spiro atoms. The summed E-state index contributed by atoms with van der Waals surface area (Å²) in [5.41, 5.74) is 1.83. The maximum atomic E-state index is 13.0. The third-order valence-corrected chi connectivity index (χ3v) is 7.27. The molecule has 0 aliphatic heterocycles. The smallest absolute Gasteiger partial charge is 0.433 e. The highest BCUT2D eigenvalue weighted by Gasteiger charge is 2.38. The topological polar surface area (TPSA) is 105 Å². The molecule has 3 N–H and O–H groups in total. The van der Waals surface area contributed by atoms with E-state index in [1.807, 2.05) is 37.3 Å². The van der Waals surface area contributed by atoms with Crippen molar-refractivity contribution in [1.29, 1.82) is 0 Å². The lowest BCUT2D eigenvalue weighted by Gasteiger charge is -2.38. The quantitative estimate of drug-likeness (QED) is 0.310. The van der Waals surface area contributed by atoms with E-state index in [1.165, 1.54) is 0 Å². The molecule has 39 heavy (non-hydrogen) atoms. The van der Waals surface area contributed by atoms with Gasteiger partial charge in [-0.25, -0.2) is 9.97 Å². The third kappa shape index (κ3) is 6.93. The van der Waals surface area contributed by atoms with Gasteiger partial charge in [-0.15, -0.1) is 0 Å². The SMILES string of the molecule is Cc1cc(Nc2nccc(C(F)(F)F)n2)cc(-c2ccc(C(C)(O)[C@H]3CC[C@H](C(=O)OCCO)CC3)cc2)c1. The molecular formula is C29H32F3N3O4. The Kier molecular flexibility index (Phi) is 8.56. The molecule has 1 heterocycles. The molecule has 1 aliphatic rings. The van der Waals surface area contributed by atoms with Gasteiger partial charge in [-0.05, 0) is 85.9 Å². The summed E-state index contributed by atoms with van der Waals surface area (Å²) in [6.07, 6.45) is -0.896. The minimum Gasteiger partial charge on any atom is -0.463 e. The van der Waals surface area contributed by atoms with Crippen LogP contribution in [0.5, 0.6) is 0 Å². The van der Waals surface area contributed by atoms with E-state index in [2.05, 4.69) is 15.3 Å². The second-order valence-corrected chi connectivity index (χ2v) is 10.1. The van der Waals surface area contributed by atoms with E-state index in [0.29, 0.717) is 31.4 Å². The number of halogens is 3. The number of anilines is 2. The Hall–Kier alpha value is -3.50. The van der Waals surface area contributed by atoms with Gasteiger partial charge in [-0.3, -0.25) is 4.79 Å². The first-order chi connectivity index (χ1) is 18.5. The first-order valence-electron chi connectivity index (χ1n) is 12.9. The molecule has 0 bridgehead atoms. The first kappa shape index (κ1) is 28.5. The fourth-order valence-electron chi connectivity index (χ4n) is 5.12. The van der Waals surface area contributed by atoms with Crippen LogP contribution in [0.3, 0.4) is 0 Å². The van der Waals surface area contributed by atoms with Crippen LogP contribution < -0.4 is 5.32 Å². The van der Waals surface area contributed by atoms with Crippen LogP contribution in [0, 0.1) is 18.8 Å². The number of hydrogen-bond donors (Lipinski definition) is 3. The van der Waals surface area contributed by atoms with Crippen molar-refractivity contribution in [2.75, 3.05) is 18.5 Å². The summed E-state index contributed by atoms with van der Waals surface area (Å²) in [4.78, 5) is 19.6. The number of alkyl halides is 3. The fraction of sp³-hybridized carbons (Fsp3) is 0.414. The minimum absolute atomic E-state index is 0.000340. The van der Waals surface area contributed by atoms with Crippen LogP contribution in [-0.4, -0.2) is 39.4 Å². The Balaban J connectivity index is 1.46. The van der Waals surface area contributed by atoms with Gasteiger partial charge in [0.15, 0.2) is 0 Å². The normalized spacial score (nSPS) is 19.3. The van der Waals surface area contributed by atoms with Crippen LogP contribution in [0.15, 0.2) is 54.7 Å². The lowest BCUT2D eigenvalue weighted by atomic mass is 9.71. The maximum Gasteiger partial charge on any atom is 0.433 e. The molecule has 0 amide bonds. The van der Waals surface area contributed by atoms with Gasteiger partial charge in [-0.1, -0.05) is 30.3 Å². The monoisotopic (exact) mass is 543 g/mol. The maximum absolute atomic E-state index is 13.0. The molecule has 1 saturated carbocycles. The zero-order valence-corrected chi connectivity index (χ0v) is 21.8. The molecule has 1 atom stereocenters. The zero-order chi connectivity index (χ0) is 28.2. The first-order valence-corrected chi connectivity index (χ1v) is 12.9. The largest absolute Gasteiger partial charge is 0.463 e. The number of nitrogens with one attached hydrogen (secondary N) is 1. The Morgan fingerprint density at radius 2 is 1.74 bits per heavy atom. The number of aliphatic hydroxyl groups is 2. The number of aromatic nitrogens is 2. The predicted octanol–water partition coefficient (Wildman–Crippen LogP) is 5.76. The standard InChI is InChI=1S/C29H32F3N3O4/c1-18-15-21(17-24(16-18)34-27-33-12-11-25(35-27)29(30,31)32)19-3-7-22(8-4-19)28(2,38)23-9-5-20(6-10-23)26(37)39-14-13-36/h3-4,7-8,11-12,15-17,20,23,36,38H,5-6,9-10,13-14H2,1-2H3,(H,33,34,35)/t20-,23-,28?. The minimum atomic E-state index is -4.56. The van der Waals surface area contributed by atoms with Crippen molar-refractivity contribution in [3.05, 3.63) is 71.5 Å². The Morgan fingerprint density at radius 3 is 2.38 bits per heavy atom. The summed E-state index contributed by atoms with van der Waals surface area (Å²) in [6.45, 7) is 3.48. The molecule has 4 rings (SSSR count). The summed E-state index contributed by atoms with van der Waals surface area (Å²) in [7, 11) is 0. The summed E-state index contributed by atoms with van der Waals surface area (Å²) in [6, 6.07) is 13.9. The van der Waals surface area contributed by atoms with Crippen LogP contribution in [0.4, 0.5) is 24.8 Å². The van der Waals surface area contributed by atoms with E-state index < -0.39 is 17.5 Å². The molecule has 2 aromatic carbocycles. The second-order valence-electron chi connectivity index (χ2n) is 10.1. The van der Waals surface area contributed by atoms with E-state index in [1.54, 1.807) is 19.1 Å². The molecule has 1 aliphatic carbocycles. The van der Waals surface area contributed by atoms with Crippen molar-refractivity contribution in [2.24, 2.45) is 11.8 Å². The highest BCUT2D eigenvalue weighted by atomic mass is 19.4. The molecule has 208 valence electrons. The molecule has 1 fully saturated rings. The van der Waals surface area contributed by atoms with Gasteiger partial charge in [0, 0.05) is 11.9 Å². The predicted molar refractivity (Wildman–Crippen MR) is 140 cm³/mol. The third-order valence-electron chi connectivity index (χ3n) is 7.27. The van der Waals surface area contributed by atoms with Crippen LogP contribution in [0.2, 0.25) is 0 Å². The number of aliphatic hydroxyl groups excluding tert-OH is 1. The second kappa shape index (κ2) is 11.7. The number of hydrogen-bond acceptors (Lipinski definition) is 7. The number of aryl methyl sites for hydroxylation is 1. The lowest BCUT2D eigenvalue weighted by molar-refractivity contribution is -0.152. The zero-order valence-electron chi connectivity index (χ0n) is 21.8. The average molecular weight is 544 g/mol. The highest BCUT2D eigenvalue weighted by Crippen LogP contribution is 2.41. The van der Waals surface area contributed by atoms with E-state index >= 15 is 0 Å². The van der Waals surface area contributed by atoms with E-state index in [0.717, 1.165) is 34.5 Å². The van der Waals surface area contributed by atoms with Gasteiger partial charge in [0.05, 0.1) is 18.1 Å². The van der Waals surface area contributed by atoms with Crippen LogP contribution in [-0.2, 0) is 21.3 Å². The number of nitrogens with zero attached hydrogens (tertiary/aromatic N) is 2. The van der Waals surface area contributed by atoms with Gasteiger partial charge in [0.2, 0.25) is 5.95 Å². The van der Waals surface area contributed by atoms with Gasteiger partial charge in [0.1, 0.15) is 12.3 Å². The number of carbonyl (C=O) groups is 1. The molecule has 0 radical (unpaired) electrons. The Morgan fingerprint density at radius 1 is 1.05 bits per heavy atom. The van der Waals surface area contributed by atoms with E-state index in [4.69, 9.17) is 9.84 Å². The van der Waals surface area contributed by atoms with Gasteiger partial charge in [0.25, 0.3) is 0 Å². The van der Waals surface area contributed by atoms with Crippen molar-refractivity contribution in [2.45, 2.75) is 51.3 Å². The highest BCUT2D eigenvalue weighted by molar-refractivity contribution is 5.72. The summed E-state index contributed by atoms with van der Waals surface area (Å²) >= 11 is 0. The van der Waals surface area contributed by atoms with Gasteiger partial charge >= 0.3 is 12.1 Å². The summed E-state index contributed by atoms with van der Waals surface area (Å²) in [5, 5.41) is 23.1. The molecule has 0 saturated heterocycles. The molecular weight excluding hydrogens is 511 g/mol. The molecule has 3 aromatic rings. The molecule has 1 unspecified atom stereocenters. The average Bonchev–Trinajstić information content (AvgIpc) is 2.91.